The minimum absolute atomic E-state index is 0.00376. The van der Waals surface area contributed by atoms with Gasteiger partial charge in [-0.1, -0.05) is 28.4 Å². The van der Waals surface area contributed by atoms with Crippen molar-refractivity contribution in [1.82, 2.24) is 5.23 Å². The highest BCUT2D eigenvalue weighted by Gasteiger charge is 2.71. The van der Waals surface area contributed by atoms with E-state index in [4.69, 9.17) is 151 Å². The van der Waals surface area contributed by atoms with Crippen LogP contribution in [0.1, 0.15) is 97.0 Å². The molecule has 11 fully saturated rings. The number of hydrogen-bond acceptors (Lipinski definition) is 36. The molecule has 1 aromatic carbocycles. The molecule has 2 spiro atoms. The van der Waals surface area contributed by atoms with E-state index < -0.39 is 225 Å². The number of carbonyl (C=O) groups is 1. The van der Waals surface area contributed by atoms with Crippen LogP contribution in [-0.2, 0) is 123 Å². The monoisotopic (exact) mass is 1540 g/mol. The maximum atomic E-state index is 14.3. The van der Waals surface area contributed by atoms with Crippen LogP contribution in [0.3, 0.4) is 0 Å². The maximum absolute atomic E-state index is 14.3. The topological polar surface area (TPSA) is 411 Å². The lowest BCUT2D eigenvalue weighted by Gasteiger charge is -2.49. The second-order valence-corrected chi connectivity index (χ2v) is 29.5. The highest BCUT2D eigenvalue weighted by atomic mass is 35.5. The number of rotatable bonds is 22. The van der Waals surface area contributed by atoms with Gasteiger partial charge in [-0.15, -0.1) is 0 Å². The number of nitrogens with zero attached hydrogens (tertiary/aromatic N) is 1. The minimum Gasteiger partial charge on any atom is -0.505 e. The van der Waals surface area contributed by atoms with Gasteiger partial charge in [-0.25, -0.2) is 4.79 Å². The molecule has 36 nitrogen and oxygen atoms in total. The Kier molecular flexibility index (Phi) is 24.9. The molecule has 0 saturated carbocycles. The maximum Gasteiger partial charge on any atom is 0.342 e. The summed E-state index contributed by atoms with van der Waals surface area (Å²) in [5.74, 6) is -5.34. The van der Waals surface area contributed by atoms with Gasteiger partial charge >= 0.3 is 11.9 Å². The van der Waals surface area contributed by atoms with Gasteiger partial charge in [0.2, 0.25) is 0 Å². The number of phenols is 1. The summed E-state index contributed by atoms with van der Waals surface area (Å²) in [4.78, 5) is 14.3. The van der Waals surface area contributed by atoms with Gasteiger partial charge in [0.1, 0.15) is 126 Å². The molecule has 11 heterocycles. The molecule has 1 aromatic rings. The lowest BCUT2D eigenvalue weighted by atomic mass is 9.85. The minimum atomic E-state index is -1.85. The first kappa shape index (κ1) is 81.1. The molecule has 0 aromatic heterocycles. The Morgan fingerprint density at radius 2 is 1.32 bits per heavy atom. The van der Waals surface area contributed by atoms with Gasteiger partial charge < -0.3 is 153 Å². The van der Waals surface area contributed by atoms with Gasteiger partial charge in [-0.3, -0.25) is 10.4 Å². The molecule has 11 aliphatic heterocycles. The molecule has 38 heteroatoms. The van der Waals surface area contributed by atoms with Crippen molar-refractivity contribution in [3.05, 3.63) is 21.2 Å². The number of esters is 1. The van der Waals surface area contributed by atoms with E-state index in [2.05, 4.69) is 0 Å². The fourth-order valence-corrected chi connectivity index (χ4v) is 17.1. The molecule has 104 heavy (non-hydrogen) atoms. The van der Waals surface area contributed by atoms with Crippen molar-refractivity contribution in [3.63, 3.8) is 0 Å². The first-order valence-corrected chi connectivity index (χ1v) is 35.5. The predicted octanol–water partition coefficient (Wildman–Crippen LogP) is 1.57. The van der Waals surface area contributed by atoms with Crippen LogP contribution >= 0.6 is 23.2 Å². The molecule has 0 radical (unpaired) electrons. The van der Waals surface area contributed by atoms with Gasteiger partial charge in [0.25, 0.3) is 5.97 Å². The zero-order chi connectivity index (χ0) is 75.2. The number of hydroxylamine groups is 2. The van der Waals surface area contributed by atoms with Gasteiger partial charge in [-0.05, 0) is 67.9 Å². The summed E-state index contributed by atoms with van der Waals surface area (Å²) < 4.78 is 168. The Hall–Kier alpha value is -2.41. The normalized spacial score (nSPS) is 48.5. The highest BCUT2D eigenvalue weighted by Crippen LogP contribution is 2.53. The number of phenolic OH excluding ortho intramolecular Hbond substituents is 1. The number of aliphatic hydroxyl groups is 4. The van der Waals surface area contributed by atoms with E-state index in [1.165, 1.54) is 56.7 Å². The van der Waals surface area contributed by atoms with Crippen molar-refractivity contribution in [1.29, 1.82) is 0 Å². The number of benzene rings is 1. The fraction of sp³-hybridized carbons (Fsp3) is 0.894. The van der Waals surface area contributed by atoms with Crippen LogP contribution in [0, 0.1) is 6.92 Å². The summed E-state index contributed by atoms with van der Waals surface area (Å²) in [6.45, 7) is 14.2. The van der Waals surface area contributed by atoms with Crippen molar-refractivity contribution in [2.45, 2.75) is 301 Å². The SMILES string of the molecule is COCC1OC(OC2OCC3OC4(OCC(O)(C(C)OC)C5OCOC54)OC3C2OC)C(OC)C(O)C1OC1OC(C)C(OC)C(OC2CC3(C)OC4(CC(O)C(OC5CC(OC6CC(C)(N(O)O)C(OC)C(C)O6)C(OC(=O)c6c(C)c(Cl)c(O)c(Cl)c6OC)C(C)O5)C(C)O4)OC3C(C)O2)C1O. The van der Waals surface area contributed by atoms with E-state index in [-0.39, 0.29) is 84.4 Å². The van der Waals surface area contributed by atoms with Gasteiger partial charge in [0, 0.05) is 61.9 Å². The van der Waals surface area contributed by atoms with Crippen LogP contribution in [0.15, 0.2) is 0 Å². The second-order valence-electron chi connectivity index (χ2n) is 28.8. The predicted molar refractivity (Wildman–Crippen MR) is 342 cm³/mol. The summed E-state index contributed by atoms with van der Waals surface area (Å²) in [6.07, 6.45) is -33.1. The largest absolute Gasteiger partial charge is 0.505 e. The fourth-order valence-electron chi connectivity index (χ4n) is 16.6. The quantitative estimate of drug-likeness (QED) is 0.0640. The first-order chi connectivity index (χ1) is 49.3. The third kappa shape index (κ3) is 14.8. The summed E-state index contributed by atoms with van der Waals surface area (Å²) in [7, 11) is 9.75. The van der Waals surface area contributed by atoms with E-state index >= 15 is 0 Å². The average molecular weight is 1540 g/mol. The van der Waals surface area contributed by atoms with Crippen molar-refractivity contribution < 1.29 is 169 Å². The Balaban J connectivity index is 0.689. The molecule has 0 aliphatic carbocycles. The van der Waals surface area contributed by atoms with Crippen LogP contribution in [-0.4, -0.2) is 336 Å². The molecular weight excluding hydrogens is 1440 g/mol. The summed E-state index contributed by atoms with van der Waals surface area (Å²) in [5.41, 5.74) is -4.36. The van der Waals surface area contributed by atoms with E-state index in [1.807, 2.05) is 0 Å². The molecule has 35 atom stereocenters. The number of aromatic hydroxyl groups is 1. The van der Waals surface area contributed by atoms with E-state index in [0.717, 1.165) is 0 Å². The number of fused-ring (bicyclic) bond motifs is 4. The molecule has 594 valence electrons. The first-order valence-electron chi connectivity index (χ1n) is 34.8. The second kappa shape index (κ2) is 32.0. The Labute approximate surface area is 610 Å². The molecule has 0 amide bonds. The van der Waals surface area contributed by atoms with Gasteiger partial charge in [0.15, 0.2) is 61.4 Å². The lowest BCUT2D eigenvalue weighted by Crippen LogP contribution is -2.69. The Morgan fingerprint density at radius 3 is 1.98 bits per heavy atom. The lowest BCUT2D eigenvalue weighted by molar-refractivity contribution is -0.422. The molecule has 12 rings (SSSR count). The Bertz CT molecular complexity index is 3090. The van der Waals surface area contributed by atoms with Crippen LogP contribution in [0.4, 0.5) is 0 Å². The smallest absolute Gasteiger partial charge is 0.342 e. The van der Waals surface area contributed by atoms with Crippen LogP contribution in [0.25, 0.3) is 0 Å². The van der Waals surface area contributed by atoms with Crippen LogP contribution < -0.4 is 4.74 Å². The van der Waals surface area contributed by atoms with E-state index in [9.17, 15) is 40.7 Å². The van der Waals surface area contributed by atoms with Crippen LogP contribution in [0.2, 0.25) is 10.0 Å². The van der Waals surface area contributed by atoms with Crippen molar-refractivity contribution in [3.8, 4) is 11.5 Å². The van der Waals surface area contributed by atoms with Crippen molar-refractivity contribution in [2.24, 2.45) is 0 Å². The molecule has 35 unspecified atom stereocenters. The van der Waals surface area contributed by atoms with Crippen molar-refractivity contribution in [2.75, 3.05) is 76.4 Å². The number of methoxy groups -OCH3 is 7. The van der Waals surface area contributed by atoms with E-state index in [1.54, 1.807) is 55.4 Å². The summed E-state index contributed by atoms with van der Waals surface area (Å²) in [5, 5.41) is 79.6. The zero-order valence-corrected chi connectivity index (χ0v) is 62.3. The zero-order valence-electron chi connectivity index (χ0n) is 60.7. The standard InChI is InChI=1S/C66H101Cl2NO35/c1-25-39(50(81-13)41(68)42(71)40(25)67)58(74)97-46-26(2)89-36(17-33(46)93-37-19-62(8,69(76)77)54(84-16)29(5)90-37)95-45-28(4)100-65(18-32(45)70)103-55-30(6)91-38(20-63(55,9)104-65)96-51-44(73)59(92-27(3)47(51)80-12)98-48-34(21-78-10)94-61(52(82-14)43(48)72)99-60-53(83-15)49-35(22-85-60)101-66(102-49)57-56(86-24-87-57)64(75,23-88-66)31(7)79-11/h26-38,43-49,51-57,59-61,70-73,75-77H,17-24H2,1-16H3. The third-order valence-electron chi connectivity index (χ3n) is 22.0. The van der Waals surface area contributed by atoms with E-state index in [0.29, 0.717) is 0 Å². The Morgan fingerprint density at radius 1 is 0.644 bits per heavy atom. The van der Waals surface area contributed by atoms with Crippen molar-refractivity contribution >= 4 is 29.2 Å². The number of carbonyl (C=O) groups excluding carboxylic acids is 1. The highest BCUT2D eigenvalue weighted by molar-refractivity contribution is 6.39. The number of hydrogen-bond donors (Lipinski definition) is 7. The number of aliphatic hydroxyl groups excluding tert-OH is 3. The molecule has 0 bridgehead atoms. The van der Waals surface area contributed by atoms with Gasteiger partial charge in [0.05, 0.1) is 81.1 Å². The summed E-state index contributed by atoms with van der Waals surface area (Å²) in [6, 6.07) is 0. The average Bonchev–Trinajstić information content (AvgIpc) is 1.55. The molecule has 11 aliphatic rings. The van der Waals surface area contributed by atoms with Gasteiger partial charge in [-0.2, -0.15) is 0 Å². The third-order valence-corrected chi connectivity index (χ3v) is 22.8. The molecule has 11 saturated heterocycles. The molecule has 7 N–H and O–H groups in total. The van der Waals surface area contributed by atoms with Crippen LogP contribution in [0.5, 0.6) is 11.5 Å². The molecular formula is C66H101Cl2NO35. The number of halogens is 2. The number of ether oxygens (including phenoxy) is 27. The summed E-state index contributed by atoms with van der Waals surface area (Å²) >= 11 is 12.8.